The Morgan fingerprint density at radius 1 is 1.00 bits per heavy atom. The quantitative estimate of drug-likeness (QED) is 0.697. The summed E-state index contributed by atoms with van der Waals surface area (Å²) in [4.78, 5) is 2.67. The number of rotatable bonds is 7. The van der Waals surface area contributed by atoms with E-state index in [1.54, 1.807) is 0 Å². The van der Waals surface area contributed by atoms with E-state index in [0.717, 1.165) is 12.6 Å². The first-order valence-electron chi connectivity index (χ1n) is 8.13. The first-order chi connectivity index (χ1) is 8.70. The maximum absolute atomic E-state index is 6.18. The van der Waals surface area contributed by atoms with Gasteiger partial charge in [-0.3, -0.25) is 4.90 Å². The smallest absolute Gasteiger partial charge is 0.0331 e. The Morgan fingerprint density at radius 3 is 1.89 bits per heavy atom. The SMILES string of the molecule is CCCC(CN)(CCC)N(C)C1CCCCCC1. The van der Waals surface area contributed by atoms with Gasteiger partial charge in [0.2, 0.25) is 0 Å². The van der Waals surface area contributed by atoms with Crippen LogP contribution < -0.4 is 5.73 Å². The van der Waals surface area contributed by atoms with Gasteiger partial charge in [0.1, 0.15) is 0 Å². The van der Waals surface area contributed by atoms with Crippen molar-refractivity contribution >= 4 is 0 Å². The molecule has 2 nitrogen and oxygen atoms in total. The fourth-order valence-corrected chi connectivity index (χ4v) is 3.79. The second-order valence-corrected chi connectivity index (χ2v) is 6.18. The Morgan fingerprint density at radius 2 is 1.50 bits per heavy atom. The Bertz CT molecular complexity index is 201. The maximum atomic E-state index is 6.18. The van der Waals surface area contributed by atoms with Gasteiger partial charge in [0.25, 0.3) is 0 Å². The molecular formula is C16H34N2. The van der Waals surface area contributed by atoms with Gasteiger partial charge in [-0.2, -0.15) is 0 Å². The molecule has 0 radical (unpaired) electrons. The van der Waals surface area contributed by atoms with E-state index in [1.165, 1.54) is 64.2 Å². The minimum Gasteiger partial charge on any atom is -0.329 e. The van der Waals surface area contributed by atoms with Gasteiger partial charge in [-0.1, -0.05) is 52.4 Å². The van der Waals surface area contributed by atoms with Crippen LogP contribution in [0.2, 0.25) is 0 Å². The topological polar surface area (TPSA) is 29.3 Å². The molecule has 0 saturated heterocycles. The summed E-state index contributed by atoms with van der Waals surface area (Å²) in [7, 11) is 2.34. The molecule has 0 unspecified atom stereocenters. The highest BCUT2D eigenvalue weighted by Crippen LogP contribution is 2.31. The molecule has 0 aromatic heterocycles. The third-order valence-corrected chi connectivity index (χ3v) is 4.93. The second kappa shape index (κ2) is 8.16. The van der Waals surface area contributed by atoms with Gasteiger partial charge in [-0.25, -0.2) is 0 Å². The van der Waals surface area contributed by atoms with Gasteiger partial charge in [-0.05, 0) is 32.7 Å². The first-order valence-corrected chi connectivity index (χ1v) is 8.13. The van der Waals surface area contributed by atoms with Gasteiger partial charge >= 0.3 is 0 Å². The molecule has 1 fully saturated rings. The molecule has 0 spiro atoms. The van der Waals surface area contributed by atoms with Crippen LogP contribution in [0.4, 0.5) is 0 Å². The number of nitrogens with two attached hydrogens (primary N) is 1. The molecule has 0 aromatic rings. The third kappa shape index (κ3) is 3.96. The van der Waals surface area contributed by atoms with E-state index < -0.39 is 0 Å². The highest BCUT2D eigenvalue weighted by Gasteiger charge is 2.35. The number of hydrogen-bond acceptors (Lipinski definition) is 2. The van der Waals surface area contributed by atoms with E-state index in [9.17, 15) is 0 Å². The number of likely N-dealkylation sites (N-methyl/N-ethyl adjacent to an activating group) is 1. The number of nitrogens with zero attached hydrogens (tertiary/aromatic N) is 1. The van der Waals surface area contributed by atoms with E-state index in [-0.39, 0.29) is 5.54 Å². The highest BCUT2D eigenvalue weighted by molar-refractivity contribution is 4.93. The second-order valence-electron chi connectivity index (χ2n) is 6.18. The average molecular weight is 254 g/mol. The van der Waals surface area contributed by atoms with Crippen LogP contribution in [0.15, 0.2) is 0 Å². The van der Waals surface area contributed by atoms with E-state index in [2.05, 4.69) is 25.8 Å². The Hall–Kier alpha value is -0.0800. The van der Waals surface area contributed by atoms with Crippen molar-refractivity contribution in [3.05, 3.63) is 0 Å². The fraction of sp³-hybridized carbons (Fsp3) is 1.00. The molecule has 0 aliphatic heterocycles. The van der Waals surface area contributed by atoms with Crippen molar-refractivity contribution in [3.8, 4) is 0 Å². The normalized spacial score (nSPS) is 19.2. The van der Waals surface area contributed by atoms with E-state index in [1.807, 2.05) is 0 Å². The van der Waals surface area contributed by atoms with Gasteiger partial charge in [0.15, 0.2) is 0 Å². The van der Waals surface area contributed by atoms with Gasteiger partial charge < -0.3 is 5.73 Å². The molecule has 0 aromatic carbocycles. The summed E-state index contributed by atoms with van der Waals surface area (Å²) in [5, 5.41) is 0. The van der Waals surface area contributed by atoms with Crippen LogP contribution in [0.1, 0.15) is 78.1 Å². The van der Waals surface area contributed by atoms with Crippen LogP contribution in [0.3, 0.4) is 0 Å². The van der Waals surface area contributed by atoms with E-state index >= 15 is 0 Å². The molecule has 108 valence electrons. The van der Waals surface area contributed by atoms with Crippen LogP contribution in [-0.2, 0) is 0 Å². The largest absolute Gasteiger partial charge is 0.329 e. The zero-order chi connectivity index (χ0) is 13.4. The van der Waals surface area contributed by atoms with Crippen molar-refractivity contribution in [3.63, 3.8) is 0 Å². The summed E-state index contributed by atoms with van der Waals surface area (Å²) in [6.07, 6.45) is 13.4. The summed E-state index contributed by atoms with van der Waals surface area (Å²) in [6, 6.07) is 0.772. The minimum absolute atomic E-state index is 0.262. The monoisotopic (exact) mass is 254 g/mol. The molecular weight excluding hydrogens is 220 g/mol. The van der Waals surface area contributed by atoms with Crippen LogP contribution >= 0.6 is 0 Å². The van der Waals surface area contributed by atoms with Gasteiger partial charge in [-0.15, -0.1) is 0 Å². The Kier molecular flexibility index (Phi) is 7.25. The lowest BCUT2D eigenvalue weighted by molar-refractivity contribution is 0.0520. The van der Waals surface area contributed by atoms with Crippen molar-refractivity contribution in [1.82, 2.24) is 4.90 Å². The number of hydrogen-bond donors (Lipinski definition) is 1. The zero-order valence-electron chi connectivity index (χ0n) is 12.9. The molecule has 1 aliphatic carbocycles. The molecule has 0 heterocycles. The molecule has 1 aliphatic rings. The summed E-state index contributed by atoms with van der Waals surface area (Å²) in [6.45, 7) is 5.41. The standard InChI is InChI=1S/C16H34N2/c1-4-12-16(14-17,13-5-2)18(3)15-10-8-6-7-9-11-15/h15H,4-14,17H2,1-3H3. The summed E-state index contributed by atoms with van der Waals surface area (Å²) >= 11 is 0. The van der Waals surface area contributed by atoms with E-state index in [4.69, 9.17) is 5.73 Å². The summed E-state index contributed by atoms with van der Waals surface area (Å²) in [5.74, 6) is 0. The van der Waals surface area contributed by atoms with Crippen molar-refractivity contribution in [1.29, 1.82) is 0 Å². The van der Waals surface area contributed by atoms with Gasteiger partial charge in [0.05, 0.1) is 0 Å². The van der Waals surface area contributed by atoms with Gasteiger partial charge in [0, 0.05) is 18.1 Å². The predicted molar refractivity (Wildman–Crippen MR) is 80.9 cm³/mol. The molecule has 2 N–H and O–H groups in total. The van der Waals surface area contributed by atoms with Crippen LogP contribution in [-0.4, -0.2) is 30.1 Å². The minimum atomic E-state index is 0.262. The molecule has 0 atom stereocenters. The van der Waals surface area contributed by atoms with Crippen LogP contribution in [0.5, 0.6) is 0 Å². The zero-order valence-corrected chi connectivity index (χ0v) is 12.9. The molecule has 2 heteroatoms. The molecule has 1 rings (SSSR count). The van der Waals surface area contributed by atoms with Crippen molar-refractivity contribution in [2.75, 3.05) is 13.6 Å². The lowest BCUT2D eigenvalue weighted by atomic mass is 9.85. The fourth-order valence-electron chi connectivity index (χ4n) is 3.79. The first kappa shape index (κ1) is 16.0. The van der Waals surface area contributed by atoms with Crippen LogP contribution in [0.25, 0.3) is 0 Å². The summed E-state index contributed by atoms with van der Waals surface area (Å²) < 4.78 is 0. The highest BCUT2D eigenvalue weighted by atomic mass is 15.2. The Labute approximate surface area is 114 Å². The maximum Gasteiger partial charge on any atom is 0.0331 e. The van der Waals surface area contributed by atoms with E-state index in [0.29, 0.717) is 0 Å². The molecule has 0 bridgehead atoms. The summed E-state index contributed by atoms with van der Waals surface area (Å²) in [5.41, 5.74) is 6.45. The predicted octanol–water partition coefficient (Wildman–Crippen LogP) is 3.94. The van der Waals surface area contributed by atoms with Crippen molar-refractivity contribution < 1.29 is 0 Å². The molecule has 0 amide bonds. The molecule has 1 saturated carbocycles. The third-order valence-electron chi connectivity index (χ3n) is 4.93. The lowest BCUT2D eigenvalue weighted by Crippen LogP contribution is -2.55. The van der Waals surface area contributed by atoms with Crippen molar-refractivity contribution in [2.24, 2.45) is 5.73 Å². The van der Waals surface area contributed by atoms with Crippen LogP contribution in [0, 0.1) is 0 Å². The lowest BCUT2D eigenvalue weighted by Gasteiger charge is -2.46. The average Bonchev–Trinajstić information content (AvgIpc) is 2.66. The Balaban J connectivity index is 2.74. The van der Waals surface area contributed by atoms with Crippen molar-refractivity contribution in [2.45, 2.75) is 89.6 Å². The molecule has 18 heavy (non-hydrogen) atoms.